The number of aliphatic hydroxyl groups is 1. The Hall–Kier alpha value is -3.43. The molecule has 284 valence electrons. The van der Waals surface area contributed by atoms with Crippen molar-refractivity contribution < 1.29 is 45.5 Å². The zero-order valence-electron chi connectivity index (χ0n) is 30.0. The van der Waals surface area contributed by atoms with Crippen molar-refractivity contribution in [3.05, 3.63) is 59.5 Å². The molecule has 2 heterocycles. The van der Waals surface area contributed by atoms with Crippen LogP contribution in [0.4, 0.5) is 13.2 Å². The van der Waals surface area contributed by atoms with Gasteiger partial charge in [0, 0.05) is 24.9 Å². The molecule has 3 unspecified atom stereocenters. The summed E-state index contributed by atoms with van der Waals surface area (Å²) in [5.41, 5.74) is 0.262. The minimum absolute atomic E-state index is 0.0162. The van der Waals surface area contributed by atoms with E-state index in [0.717, 1.165) is 43.6 Å². The van der Waals surface area contributed by atoms with Crippen LogP contribution < -0.4 is 16.0 Å². The fourth-order valence-electron chi connectivity index (χ4n) is 7.00. The lowest BCUT2D eigenvalue weighted by molar-refractivity contribution is -0.153. The van der Waals surface area contributed by atoms with Gasteiger partial charge in [0.05, 0.1) is 22.9 Å². The Morgan fingerprint density at radius 2 is 1.59 bits per heavy atom. The Morgan fingerprint density at radius 1 is 0.961 bits per heavy atom. The molecule has 15 heteroatoms. The van der Waals surface area contributed by atoms with Crippen LogP contribution in [-0.4, -0.2) is 90.0 Å². The van der Waals surface area contributed by atoms with E-state index in [-0.39, 0.29) is 18.9 Å². The molecule has 11 nitrogen and oxygen atoms in total. The topological polar surface area (TPSA) is 158 Å². The van der Waals surface area contributed by atoms with Gasteiger partial charge in [-0.1, -0.05) is 49.6 Å². The summed E-state index contributed by atoms with van der Waals surface area (Å²) >= 11 is 0. The second-order valence-corrected chi connectivity index (χ2v) is 18.2. The molecule has 1 aromatic carbocycles. The maximum absolute atomic E-state index is 14.1. The van der Waals surface area contributed by atoms with Gasteiger partial charge in [0.2, 0.25) is 17.6 Å². The predicted molar refractivity (Wildman–Crippen MR) is 185 cm³/mol. The number of sulfone groups is 1. The van der Waals surface area contributed by atoms with Crippen molar-refractivity contribution in [1.29, 1.82) is 0 Å². The molecule has 1 saturated carbocycles. The molecule has 4 rings (SSSR count). The van der Waals surface area contributed by atoms with Crippen molar-refractivity contribution in [2.75, 3.05) is 19.3 Å². The van der Waals surface area contributed by atoms with Gasteiger partial charge < -0.3 is 25.5 Å². The van der Waals surface area contributed by atoms with E-state index in [4.69, 9.17) is 0 Å². The van der Waals surface area contributed by atoms with Crippen LogP contribution in [0.1, 0.15) is 88.6 Å². The van der Waals surface area contributed by atoms with Crippen molar-refractivity contribution in [2.45, 2.75) is 114 Å². The normalized spacial score (nSPS) is 22.3. The second-order valence-electron chi connectivity index (χ2n) is 15.6. The molecule has 6 atom stereocenters. The van der Waals surface area contributed by atoms with E-state index in [1.807, 2.05) is 25.7 Å². The van der Waals surface area contributed by atoms with Gasteiger partial charge in [-0.25, -0.2) is 8.42 Å². The Morgan fingerprint density at radius 3 is 2.16 bits per heavy atom. The molecule has 0 bridgehead atoms. The maximum Gasteiger partial charge on any atom is 0.449 e. The summed E-state index contributed by atoms with van der Waals surface area (Å²) in [5.74, 6) is -3.83. The molecule has 4 N–H and O–H groups in total. The Balaban J connectivity index is 1.63. The molecule has 1 aromatic heterocycles. The van der Waals surface area contributed by atoms with Crippen molar-refractivity contribution in [3.8, 4) is 0 Å². The monoisotopic (exact) mass is 740 g/mol. The van der Waals surface area contributed by atoms with E-state index in [9.17, 15) is 41.1 Å². The van der Waals surface area contributed by atoms with E-state index in [1.54, 1.807) is 30.3 Å². The number of β-amino-alcohol motifs (C(OH)–C–C–N with tert-alkyl or cyclic N) is 1. The van der Waals surface area contributed by atoms with Crippen LogP contribution in [0.5, 0.6) is 0 Å². The summed E-state index contributed by atoms with van der Waals surface area (Å²) in [4.78, 5) is 42.8. The lowest BCUT2D eigenvalue weighted by atomic mass is 9.72. The summed E-state index contributed by atoms with van der Waals surface area (Å²) < 4.78 is 68.1. The number of carbonyl (C=O) groups is 3. The molecule has 1 saturated heterocycles. The molecular weight excluding hydrogens is 689 g/mol. The number of likely N-dealkylation sites (tertiary alicyclic amines) is 1. The highest BCUT2D eigenvalue weighted by atomic mass is 32.2. The number of nitrogens with one attached hydrogen (secondary N) is 3. The predicted octanol–water partition coefficient (Wildman–Crippen LogP) is 4.10. The lowest BCUT2D eigenvalue weighted by Crippen LogP contribution is -2.64. The fraction of sp³-hybridized carbons (Fsp3) is 0.639. The van der Waals surface area contributed by atoms with Crippen LogP contribution in [0.2, 0.25) is 0 Å². The summed E-state index contributed by atoms with van der Waals surface area (Å²) in [5, 5.41) is 20.0. The van der Waals surface area contributed by atoms with E-state index in [1.165, 1.54) is 13.8 Å². The van der Waals surface area contributed by atoms with Crippen LogP contribution in [-0.2, 0) is 32.0 Å². The Labute approximate surface area is 298 Å². The number of benzene rings is 1. The van der Waals surface area contributed by atoms with Gasteiger partial charge in [-0.05, 0) is 83.4 Å². The average Bonchev–Trinajstić information content (AvgIpc) is 3.53. The molecule has 51 heavy (non-hydrogen) atoms. The van der Waals surface area contributed by atoms with Crippen LogP contribution in [0, 0.1) is 11.8 Å². The molecule has 1 aliphatic heterocycles. The molecule has 0 radical (unpaired) electrons. The summed E-state index contributed by atoms with van der Waals surface area (Å²) in [6, 6.07) is 6.97. The quantitative estimate of drug-likeness (QED) is 0.253. The van der Waals surface area contributed by atoms with Gasteiger partial charge >= 0.3 is 6.18 Å². The van der Waals surface area contributed by atoms with Gasteiger partial charge in [-0.3, -0.25) is 19.3 Å². The number of piperidine rings is 1. The van der Waals surface area contributed by atoms with Crippen LogP contribution in [0.3, 0.4) is 0 Å². The number of amides is 3. The van der Waals surface area contributed by atoms with Crippen LogP contribution in [0.25, 0.3) is 0 Å². The van der Waals surface area contributed by atoms with Gasteiger partial charge in [0.25, 0.3) is 5.91 Å². The number of hydrogen-bond donors (Lipinski definition) is 4. The van der Waals surface area contributed by atoms with Crippen molar-refractivity contribution in [2.24, 2.45) is 11.8 Å². The largest absolute Gasteiger partial charge is 0.449 e. The number of aliphatic hydroxyl groups excluding tert-OH is 1. The minimum Gasteiger partial charge on any atom is -0.446 e. The molecule has 2 aromatic rings. The van der Waals surface area contributed by atoms with E-state index in [0.29, 0.717) is 30.9 Å². The van der Waals surface area contributed by atoms with Gasteiger partial charge in [-0.15, -0.1) is 0 Å². The van der Waals surface area contributed by atoms with Gasteiger partial charge in [0.1, 0.15) is 6.04 Å². The number of fused-ring (bicyclic) bond motifs is 1. The first-order valence-corrected chi connectivity index (χ1v) is 19.2. The molecular formula is C36H51F3N4O7S. The maximum atomic E-state index is 14.1. The fourth-order valence-corrected chi connectivity index (χ4v) is 7.59. The minimum atomic E-state index is -4.87. The standard InChI is InChI=1S/C36H51F3N4O7S/c1-34(2,3)42-31(45)26-19-23-14-10-11-15-24(23)20-43(26)21-27(44)25(18-22-12-8-7-9-13-22)40-33(47)30(35(4,5)51(6,48)49)41-32(46)28-16-17-29(50-28)36(37,38)39/h7-9,12-13,16-17,23-27,30,44H,10-11,14-15,18-21H2,1-6H3,(H,40,47)(H,41,46)(H,42,45)/t23-,24+,25?,26?,27?,30+/m0/s1. The van der Waals surface area contributed by atoms with E-state index < -0.39 is 73.9 Å². The van der Waals surface area contributed by atoms with E-state index in [2.05, 4.69) is 20.4 Å². The molecule has 2 fully saturated rings. The summed E-state index contributed by atoms with van der Waals surface area (Å²) in [7, 11) is -4.07. The Bertz CT molecular complexity index is 1640. The molecule has 1 aliphatic carbocycles. The molecule has 0 spiro atoms. The van der Waals surface area contributed by atoms with Crippen molar-refractivity contribution >= 4 is 27.6 Å². The summed E-state index contributed by atoms with van der Waals surface area (Å²) in [6.45, 7) is 8.72. The highest BCUT2D eigenvalue weighted by Gasteiger charge is 2.47. The first-order valence-electron chi connectivity index (χ1n) is 17.3. The zero-order valence-corrected chi connectivity index (χ0v) is 30.9. The number of hydrogen-bond acceptors (Lipinski definition) is 8. The highest BCUT2D eigenvalue weighted by Crippen LogP contribution is 2.39. The third-order valence-electron chi connectivity index (χ3n) is 10.1. The van der Waals surface area contributed by atoms with Crippen LogP contribution in [0.15, 0.2) is 46.9 Å². The Kier molecular flexibility index (Phi) is 12.4. The van der Waals surface area contributed by atoms with Crippen molar-refractivity contribution in [1.82, 2.24) is 20.9 Å². The third-order valence-corrected chi connectivity index (χ3v) is 12.3. The first-order chi connectivity index (χ1) is 23.6. The van der Waals surface area contributed by atoms with E-state index >= 15 is 0 Å². The number of furan rings is 1. The first kappa shape index (κ1) is 40.3. The lowest BCUT2D eigenvalue weighted by Gasteiger charge is -2.47. The van der Waals surface area contributed by atoms with Gasteiger partial charge in [-0.2, -0.15) is 13.2 Å². The highest BCUT2D eigenvalue weighted by molar-refractivity contribution is 7.92. The smallest absolute Gasteiger partial charge is 0.446 e. The number of carbonyl (C=O) groups excluding carboxylic acids is 3. The van der Waals surface area contributed by atoms with Crippen LogP contribution >= 0.6 is 0 Å². The molecule has 2 aliphatic rings. The van der Waals surface area contributed by atoms with Gasteiger partial charge in [0.15, 0.2) is 15.6 Å². The van der Waals surface area contributed by atoms with Crippen molar-refractivity contribution in [3.63, 3.8) is 0 Å². The number of alkyl halides is 3. The molecule has 3 amide bonds. The second kappa shape index (κ2) is 15.7. The zero-order chi connectivity index (χ0) is 37.9. The number of nitrogens with zero attached hydrogens (tertiary/aromatic N) is 1. The average molecular weight is 741 g/mol. The third kappa shape index (κ3) is 10.3. The number of halogens is 3. The summed E-state index contributed by atoms with van der Waals surface area (Å²) in [6.07, 6.45) is -0.272. The number of rotatable bonds is 12. The SMILES string of the molecule is CC(C)(C)NC(=O)C1C[C@@H]2CCCC[C@@H]2CN1CC(O)C(Cc1ccccc1)NC(=O)[C@@H](NC(=O)c1ccc(C(F)(F)F)o1)C(C)(C)S(C)(=O)=O.